The van der Waals surface area contributed by atoms with E-state index in [4.69, 9.17) is 19.6 Å². The van der Waals surface area contributed by atoms with Crippen molar-refractivity contribution in [2.24, 2.45) is 0 Å². The lowest BCUT2D eigenvalue weighted by Crippen LogP contribution is -2.31. The number of allylic oxidation sites excluding steroid dienone is 1. The van der Waals surface area contributed by atoms with Crippen LogP contribution in [0.4, 0.5) is 5.95 Å². The quantitative estimate of drug-likeness (QED) is 0.212. The molecule has 35 heavy (non-hydrogen) atoms. The molecule has 1 N–H and O–H groups in total. The topological polar surface area (TPSA) is 78.3 Å². The highest BCUT2D eigenvalue weighted by molar-refractivity contribution is 7.99. The van der Waals surface area contributed by atoms with E-state index in [0.717, 1.165) is 29.7 Å². The zero-order valence-corrected chi connectivity index (χ0v) is 21.5. The van der Waals surface area contributed by atoms with Gasteiger partial charge >= 0.3 is 5.97 Å². The summed E-state index contributed by atoms with van der Waals surface area (Å²) in [6, 6.07) is 17.3. The van der Waals surface area contributed by atoms with E-state index in [1.54, 1.807) is 16.4 Å². The van der Waals surface area contributed by atoms with Crippen molar-refractivity contribution in [1.82, 2.24) is 14.8 Å². The first-order valence-electron chi connectivity index (χ1n) is 12.0. The molecule has 0 saturated heterocycles. The van der Waals surface area contributed by atoms with Crippen LogP contribution < -0.4 is 10.1 Å². The lowest BCUT2D eigenvalue weighted by atomic mass is 9.95. The van der Waals surface area contributed by atoms with Crippen LogP contribution in [0.15, 0.2) is 71.0 Å². The molecule has 1 aliphatic rings. The Hall–Kier alpha value is -3.26. The fraction of sp³-hybridized carbons (Fsp3) is 0.370. The zero-order chi connectivity index (χ0) is 24.8. The van der Waals surface area contributed by atoms with Gasteiger partial charge in [-0.3, -0.25) is 0 Å². The summed E-state index contributed by atoms with van der Waals surface area (Å²) >= 11 is 1.62. The number of aromatic nitrogens is 3. The molecule has 1 unspecified atom stereocenters. The Labute approximate surface area is 210 Å². The molecule has 0 fully saturated rings. The van der Waals surface area contributed by atoms with Gasteiger partial charge in [-0.2, -0.15) is 4.98 Å². The molecule has 0 amide bonds. The molecule has 0 radical (unpaired) electrons. The van der Waals surface area contributed by atoms with Crippen molar-refractivity contribution in [1.29, 1.82) is 0 Å². The van der Waals surface area contributed by atoms with Gasteiger partial charge < -0.3 is 14.8 Å². The van der Waals surface area contributed by atoms with Crippen molar-refractivity contribution in [2.45, 2.75) is 64.4 Å². The van der Waals surface area contributed by atoms with Gasteiger partial charge in [0.2, 0.25) is 11.1 Å². The minimum Gasteiger partial charge on any atom is -0.489 e. The van der Waals surface area contributed by atoms with Crippen LogP contribution in [0.1, 0.15) is 57.7 Å². The maximum Gasteiger partial charge on any atom is 0.338 e. The number of thioether (sulfide) groups is 1. The van der Waals surface area contributed by atoms with E-state index in [9.17, 15) is 4.79 Å². The van der Waals surface area contributed by atoms with E-state index >= 15 is 0 Å². The van der Waals surface area contributed by atoms with Crippen molar-refractivity contribution < 1.29 is 14.3 Å². The third-order valence-corrected chi connectivity index (χ3v) is 6.50. The Balaban J connectivity index is 1.74. The highest BCUT2D eigenvalue weighted by atomic mass is 32.2. The number of hydrogen-bond acceptors (Lipinski definition) is 7. The molecule has 184 valence electrons. The van der Waals surface area contributed by atoms with Crippen LogP contribution in [0.5, 0.6) is 5.75 Å². The van der Waals surface area contributed by atoms with Gasteiger partial charge in [-0.05, 0) is 38.8 Å². The van der Waals surface area contributed by atoms with Gasteiger partial charge in [-0.25, -0.2) is 9.48 Å². The van der Waals surface area contributed by atoms with Gasteiger partial charge in [0.1, 0.15) is 18.4 Å². The van der Waals surface area contributed by atoms with E-state index in [0.29, 0.717) is 34.7 Å². The van der Waals surface area contributed by atoms with E-state index in [2.05, 4.69) is 12.2 Å². The molecule has 8 heteroatoms. The predicted octanol–water partition coefficient (Wildman–Crippen LogP) is 5.99. The summed E-state index contributed by atoms with van der Waals surface area (Å²) < 4.78 is 13.7. The number of rotatable bonds is 10. The third-order valence-electron chi connectivity index (χ3n) is 5.58. The molecule has 4 rings (SSSR count). The maximum atomic E-state index is 13.3. The highest BCUT2D eigenvalue weighted by Gasteiger charge is 2.37. The number of nitrogens with zero attached hydrogens (tertiary/aromatic N) is 3. The molecule has 2 heterocycles. The summed E-state index contributed by atoms with van der Waals surface area (Å²) in [5, 5.41) is 8.74. The van der Waals surface area contributed by atoms with Crippen molar-refractivity contribution in [3.63, 3.8) is 0 Å². The van der Waals surface area contributed by atoms with Crippen LogP contribution in [0.3, 0.4) is 0 Å². The van der Waals surface area contributed by atoms with Crippen LogP contribution in [0, 0.1) is 0 Å². The number of esters is 1. The Morgan fingerprint density at radius 2 is 1.89 bits per heavy atom. The number of benzene rings is 2. The summed E-state index contributed by atoms with van der Waals surface area (Å²) in [5.41, 5.74) is 3.09. The molecule has 1 aliphatic heterocycles. The summed E-state index contributed by atoms with van der Waals surface area (Å²) in [6.07, 6.45) is 1.95. The molecule has 0 spiro atoms. The minimum absolute atomic E-state index is 0.245. The number of anilines is 1. The monoisotopic (exact) mass is 492 g/mol. The normalized spacial score (nSPS) is 15.1. The number of fused-ring (bicyclic) bond motifs is 1. The lowest BCUT2D eigenvalue weighted by Gasteiger charge is -2.29. The number of carbonyl (C=O) groups excluding carboxylic acids is 1. The Morgan fingerprint density at radius 1 is 1.14 bits per heavy atom. The van der Waals surface area contributed by atoms with Gasteiger partial charge in [-0.15, -0.1) is 5.10 Å². The van der Waals surface area contributed by atoms with Crippen LogP contribution in [-0.4, -0.2) is 32.6 Å². The number of unbranched alkanes of at least 4 members (excludes halogenated alkanes) is 1. The highest BCUT2D eigenvalue weighted by Crippen LogP contribution is 2.40. The summed E-state index contributed by atoms with van der Waals surface area (Å²) in [7, 11) is 0. The molecule has 0 bridgehead atoms. The summed E-state index contributed by atoms with van der Waals surface area (Å²) in [5.74, 6) is 1.85. The van der Waals surface area contributed by atoms with Crippen LogP contribution >= 0.6 is 11.8 Å². The number of carbonyl (C=O) groups is 1. The smallest absolute Gasteiger partial charge is 0.338 e. The second-order valence-electron chi connectivity index (χ2n) is 8.70. The molecule has 1 atom stereocenters. The second-order valence-corrected chi connectivity index (χ2v) is 9.76. The molecule has 0 saturated carbocycles. The first kappa shape index (κ1) is 24.9. The number of para-hydroxylation sites is 1. The predicted molar refractivity (Wildman–Crippen MR) is 139 cm³/mol. The maximum absolute atomic E-state index is 13.3. The molecule has 2 aromatic carbocycles. The Kier molecular flexibility index (Phi) is 8.13. The molecule has 0 aliphatic carbocycles. The molecule has 3 aromatic rings. The number of nitrogens with one attached hydrogen (secondary N) is 1. The van der Waals surface area contributed by atoms with Gasteiger partial charge in [0, 0.05) is 17.0 Å². The van der Waals surface area contributed by atoms with Crippen molar-refractivity contribution >= 4 is 23.7 Å². The molecular formula is C27H32N4O3S. The number of ether oxygens (including phenoxy) is 2. The van der Waals surface area contributed by atoms with E-state index in [-0.39, 0.29) is 12.1 Å². The SMILES string of the molecule is CCCCSc1nc2n(n1)C(c1ccccc1OCc1ccccc1)C(C(=O)OC(C)C)=C(C)N2. The van der Waals surface area contributed by atoms with Gasteiger partial charge in [-0.1, -0.05) is 73.6 Å². The Morgan fingerprint density at radius 3 is 2.63 bits per heavy atom. The van der Waals surface area contributed by atoms with Gasteiger partial charge in [0.15, 0.2) is 0 Å². The average molecular weight is 493 g/mol. The second kappa shape index (κ2) is 11.4. The fourth-order valence-corrected chi connectivity index (χ4v) is 4.82. The zero-order valence-electron chi connectivity index (χ0n) is 20.7. The van der Waals surface area contributed by atoms with Gasteiger partial charge in [0.25, 0.3) is 0 Å². The molecular weight excluding hydrogens is 460 g/mol. The summed E-state index contributed by atoms with van der Waals surface area (Å²) in [6.45, 7) is 8.15. The number of hydrogen-bond donors (Lipinski definition) is 1. The lowest BCUT2D eigenvalue weighted by molar-refractivity contribution is -0.143. The molecule has 1 aromatic heterocycles. The van der Waals surface area contributed by atoms with E-state index < -0.39 is 6.04 Å². The summed E-state index contributed by atoms with van der Waals surface area (Å²) in [4.78, 5) is 18.0. The average Bonchev–Trinajstić information content (AvgIpc) is 3.24. The standard InChI is InChI=1S/C27H32N4O3S/c1-5-6-16-35-27-29-26-28-19(4)23(25(32)34-18(2)3)24(31(26)30-27)21-14-10-11-15-22(21)33-17-20-12-8-7-9-13-20/h7-15,18,24H,5-6,16-17H2,1-4H3,(H,28,29,30). The first-order chi connectivity index (χ1) is 17.0. The van der Waals surface area contributed by atoms with Crippen LogP contribution in [-0.2, 0) is 16.1 Å². The van der Waals surface area contributed by atoms with Crippen molar-refractivity contribution in [3.8, 4) is 5.75 Å². The van der Waals surface area contributed by atoms with Gasteiger partial charge in [0.05, 0.1) is 11.7 Å². The fourth-order valence-electron chi connectivity index (χ4n) is 3.90. The van der Waals surface area contributed by atoms with Crippen molar-refractivity contribution in [3.05, 3.63) is 77.0 Å². The molecule has 7 nitrogen and oxygen atoms in total. The minimum atomic E-state index is -0.530. The van der Waals surface area contributed by atoms with E-state index in [1.165, 1.54) is 0 Å². The Bertz CT molecular complexity index is 1190. The largest absolute Gasteiger partial charge is 0.489 e. The third kappa shape index (κ3) is 5.88. The van der Waals surface area contributed by atoms with E-state index in [1.807, 2.05) is 75.4 Å². The van der Waals surface area contributed by atoms with Crippen LogP contribution in [0.2, 0.25) is 0 Å². The van der Waals surface area contributed by atoms with Crippen molar-refractivity contribution in [2.75, 3.05) is 11.1 Å². The van der Waals surface area contributed by atoms with Crippen LogP contribution in [0.25, 0.3) is 0 Å². The first-order valence-corrected chi connectivity index (χ1v) is 13.0.